The van der Waals surface area contributed by atoms with E-state index in [1.54, 1.807) is 32.0 Å². The first-order valence-electron chi connectivity index (χ1n) is 12.0. The van der Waals surface area contributed by atoms with E-state index in [0.717, 1.165) is 28.8 Å². The fraction of sp³-hybridized carbons (Fsp3) is 0.333. The minimum Gasteiger partial charge on any atom is -0.543 e. The van der Waals surface area contributed by atoms with Crippen LogP contribution < -0.4 is 20.7 Å². The number of carbonyl (C=O) groups is 4. The molecule has 5 rings (SSSR count). The number of aliphatic carboxylic acids is 1. The van der Waals surface area contributed by atoms with Crippen LogP contribution in [0.15, 0.2) is 46.6 Å². The summed E-state index contributed by atoms with van der Waals surface area (Å²) >= 11 is 2.48. The second kappa shape index (κ2) is 13.4. The SMILES string of the molecule is CN(C)C=O.CON=C(C(=O)NC1C(=O)N2C(C(=O)[O-])=C(C[n+]3ccc4ncn(C)c4c3)CS[C@@H]12)c1csc(N)n1.O. The van der Waals surface area contributed by atoms with Gasteiger partial charge in [0.1, 0.15) is 35.3 Å². The van der Waals surface area contributed by atoms with E-state index >= 15 is 0 Å². The Bertz CT molecular complexity index is 1570. The number of carbonyl (C=O) groups excluding carboxylic acids is 4. The largest absolute Gasteiger partial charge is 0.543 e. The van der Waals surface area contributed by atoms with Gasteiger partial charge in [0, 0.05) is 43.9 Å². The van der Waals surface area contributed by atoms with Crippen molar-refractivity contribution in [2.45, 2.75) is 18.0 Å². The van der Waals surface area contributed by atoms with Crippen LogP contribution in [0.2, 0.25) is 0 Å². The molecule has 5 heterocycles. The van der Waals surface area contributed by atoms with Gasteiger partial charge >= 0.3 is 0 Å². The fourth-order valence-corrected chi connectivity index (χ4v) is 6.01. The molecule has 2 atom stereocenters. The number of pyridine rings is 1. The van der Waals surface area contributed by atoms with Crippen molar-refractivity contribution in [1.29, 1.82) is 0 Å². The normalized spacial score (nSPS) is 17.8. The molecule has 0 bridgehead atoms. The third-order valence-electron chi connectivity index (χ3n) is 6.00. The lowest BCUT2D eigenvalue weighted by Gasteiger charge is -2.50. The van der Waals surface area contributed by atoms with E-state index in [-0.39, 0.29) is 34.3 Å². The summed E-state index contributed by atoms with van der Waals surface area (Å²) in [5.74, 6) is -2.36. The van der Waals surface area contributed by atoms with Gasteiger partial charge in [0.25, 0.3) is 11.8 Å². The van der Waals surface area contributed by atoms with Gasteiger partial charge in [-0.25, -0.2) is 9.97 Å². The Labute approximate surface area is 247 Å². The van der Waals surface area contributed by atoms with Crippen LogP contribution in [-0.4, -0.2) is 98.1 Å². The predicted molar refractivity (Wildman–Crippen MR) is 151 cm³/mol. The maximum atomic E-state index is 13.0. The molecule has 0 radical (unpaired) electrons. The third-order valence-corrected chi connectivity index (χ3v) is 8.01. The smallest absolute Gasteiger partial charge is 0.276 e. The van der Waals surface area contributed by atoms with Gasteiger partial charge in [-0.3, -0.25) is 19.3 Å². The lowest BCUT2D eigenvalue weighted by Crippen LogP contribution is -2.71. The van der Waals surface area contributed by atoms with Crippen molar-refractivity contribution in [3.63, 3.8) is 0 Å². The van der Waals surface area contributed by atoms with E-state index in [9.17, 15) is 24.3 Å². The first kappa shape index (κ1) is 32.0. The maximum absolute atomic E-state index is 13.0. The highest BCUT2D eigenvalue weighted by Crippen LogP contribution is 2.40. The number of nitrogen functional groups attached to an aromatic ring is 1. The molecule has 0 saturated carbocycles. The summed E-state index contributed by atoms with van der Waals surface area (Å²) < 4.78 is 3.69. The Morgan fingerprint density at radius 3 is 2.71 bits per heavy atom. The average Bonchev–Trinajstić information content (AvgIpc) is 3.54. The van der Waals surface area contributed by atoms with Crippen LogP contribution in [0.4, 0.5) is 5.13 Å². The van der Waals surface area contributed by atoms with Crippen LogP contribution in [0.3, 0.4) is 0 Å². The van der Waals surface area contributed by atoms with E-state index in [0.29, 0.717) is 11.3 Å². The number of thioether (sulfide) groups is 1. The number of β-lactam (4-membered cyclic amide) rings is 1. The van der Waals surface area contributed by atoms with Crippen LogP contribution in [0.5, 0.6) is 0 Å². The fourth-order valence-electron chi connectivity index (χ4n) is 4.12. The molecule has 42 heavy (non-hydrogen) atoms. The second-order valence-corrected chi connectivity index (χ2v) is 11.1. The molecular weight excluding hydrogens is 590 g/mol. The second-order valence-electron chi connectivity index (χ2n) is 9.11. The molecule has 0 aliphatic carbocycles. The Balaban J connectivity index is 0.000000745. The number of carboxylic acids is 1. The summed E-state index contributed by atoms with van der Waals surface area (Å²) in [7, 11) is 6.52. The molecule has 0 aromatic carbocycles. The number of hydrogen-bond acceptors (Lipinski definition) is 12. The summed E-state index contributed by atoms with van der Waals surface area (Å²) in [6.45, 7) is 0.251. The Kier molecular flexibility index (Phi) is 10.2. The average molecular weight is 620 g/mol. The number of hydrogen-bond donors (Lipinski definition) is 2. The summed E-state index contributed by atoms with van der Waals surface area (Å²) in [6.07, 6.45) is 6.11. The predicted octanol–water partition coefficient (Wildman–Crippen LogP) is -2.77. The highest BCUT2D eigenvalue weighted by molar-refractivity contribution is 8.00. The number of thiazole rings is 1. The van der Waals surface area contributed by atoms with Gasteiger partial charge < -0.3 is 40.7 Å². The number of nitrogens with zero attached hydrogens (tertiary/aromatic N) is 7. The van der Waals surface area contributed by atoms with Crippen LogP contribution in [0, 0.1) is 0 Å². The summed E-state index contributed by atoms with van der Waals surface area (Å²) in [5.41, 5.74) is 7.76. The van der Waals surface area contributed by atoms with E-state index in [2.05, 4.69) is 20.4 Å². The zero-order chi connectivity index (χ0) is 29.8. The van der Waals surface area contributed by atoms with Crippen molar-refractivity contribution in [3.8, 4) is 0 Å². The minimum atomic E-state index is -1.45. The van der Waals surface area contributed by atoms with Gasteiger partial charge in [0.2, 0.25) is 6.41 Å². The lowest BCUT2D eigenvalue weighted by molar-refractivity contribution is -0.687. The molecule has 18 heteroatoms. The van der Waals surface area contributed by atoms with E-state index < -0.39 is 29.2 Å². The molecule has 1 saturated heterocycles. The maximum Gasteiger partial charge on any atom is 0.276 e. The molecule has 0 spiro atoms. The van der Waals surface area contributed by atoms with Gasteiger partial charge in [0.15, 0.2) is 29.8 Å². The Morgan fingerprint density at radius 2 is 2.12 bits per heavy atom. The Morgan fingerprint density at radius 1 is 1.40 bits per heavy atom. The molecule has 3 aromatic heterocycles. The van der Waals surface area contributed by atoms with Crippen molar-refractivity contribution in [1.82, 2.24) is 29.7 Å². The molecule has 3 amide bonds. The molecule has 16 nitrogen and oxygen atoms in total. The molecule has 224 valence electrons. The summed E-state index contributed by atoms with van der Waals surface area (Å²) in [5, 5.41) is 19.6. The van der Waals surface area contributed by atoms with Crippen LogP contribution in [-0.2, 0) is 37.6 Å². The van der Waals surface area contributed by atoms with Crippen molar-refractivity contribution in [2.75, 3.05) is 32.7 Å². The molecule has 3 aromatic rings. The van der Waals surface area contributed by atoms with Crippen molar-refractivity contribution < 1.29 is 39.2 Å². The highest BCUT2D eigenvalue weighted by Gasteiger charge is 2.53. The number of carboxylic acid groups (broad SMARTS) is 1. The summed E-state index contributed by atoms with van der Waals surface area (Å²) in [4.78, 5) is 63.1. The highest BCUT2D eigenvalue weighted by atomic mass is 32.2. The number of nitrogens with one attached hydrogen (secondary N) is 1. The van der Waals surface area contributed by atoms with Gasteiger partial charge in [-0.2, -0.15) is 4.57 Å². The molecule has 1 fully saturated rings. The number of aryl methyl sites for hydroxylation is 1. The first-order valence-corrected chi connectivity index (χ1v) is 13.9. The zero-order valence-corrected chi connectivity index (χ0v) is 24.6. The number of nitrogens with two attached hydrogens (primary N) is 1. The van der Waals surface area contributed by atoms with E-state index in [1.807, 2.05) is 28.4 Å². The molecular formula is C24H29N9O7S2. The Hall–Kier alpha value is -4.55. The first-order chi connectivity index (χ1) is 19.5. The van der Waals surface area contributed by atoms with Crippen LogP contribution in [0.25, 0.3) is 11.0 Å². The number of rotatable bonds is 8. The van der Waals surface area contributed by atoms with E-state index in [1.165, 1.54) is 28.7 Å². The van der Waals surface area contributed by atoms with Crippen molar-refractivity contribution in [3.05, 3.63) is 47.1 Å². The number of fused-ring (bicyclic) bond motifs is 2. The zero-order valence-electron chi connectivity index (χ0n) is 23.0. The van der Waals surface area contributed by atoms with Crippen molar-refractivity contribution >= 4 is 69.2 Å². The standard InChI is InChI=1S/C21H20N8O5S2.C3H7NO.H2O/c1-27-9-23-11-3-4-28(6-13(11)27)5-10-7-35-19-15(18(31)29(19)16(10)20(32)33)25-17(30)14(26-34-2)12-8-36-21(22)24-12;1-4(2)3-5;/h3-4,6,8-9,15,19H,5,7H2,1-2H3,(H3-,22,24,25,30,32,33);3H,1-2H3;1H2/t15?,19-;;/m0../s1. The molecule has 2 aliphatic rings. The molecule has 2 aliphatic heterocycles. The number of imidazole rings is 1. The lowest BCUT2D eigenvalue weighted by atomic mass is 10.0. The third kappa shape index (κ3) is 6.50. The van der Waals surface area contributed by atoms with Crippen molar-refractivity contribution in [2.24, 2.45) is 12.2 Å². The number of amides is 3. The van der Waals surface area contributed by atoms with Crippen LogP contribution >= 0.6 is 23.1 Å². The number of anilines is 1. The monoisotopic (exact) mass is 619 g/mol. The summed E-state index contributed by atoms with van der Waals surface area (Å²) in [6, 6.07) is 0.887. The quantitative estimate of drug-likeness (QED) is 0.0868. The molecule has 5 N–H and O–H groups in total. The topological polar surface area (TPSA) is 224 Å². The van der Waals surface area contributed by atoms with E-state index in [4.69, 9.17) is 10.6 Å². The van der Waals surface area contributed by atoms with Crippen LogP contribution in [0.1, 0.15) is 5.69 Å². The number of oxime groups is 1. The van der Waals surface area contributed by atoms with Gasteiger partial charge in [-0.05, 0) is 0 Å². The number of aromatic nitrogens is 4. The van der Waals surface area contributed by atoms with Gasteiger partial charge in [-0.15, -0.1) is 23.1 Å². The van der Waals surface area contributed by atoms with Gasteiger partial charge in [0.05, 0.1) is 18.0 Å². The van der Waals surface area contributed by atoms with Gasteiger partial charge in [-0.1, -0.05) is 5.16 Å². The molecule has 1 unspecified atom stereocenters. The minimum absolute atomic E-state index is 0.